The molecule has 30 heavy (non-hydrogen) atoms. The molecule has 3 aromatic carbocycles. The van der Waals surface area contributed by atoms with E-state index in [1.807, 2.05) is 67.6 Å². The summed E-state index contributed by atoms with van der Waals surface area (Å²) in [4.78, 5) is 11.8. The van der Waals surface area contributed by atoms with E-state index >= 15 is 0 Å². The van der Waals surface area contributed by atoms with Gasteiger partial charge < -0.3 is 18.6 Å². The Labute approximate surface area is 174 Å². The van der Waals surface area contributed by atoms with Gasteiger partial charge in [0.25, 0.3) is 0 Å². The van der Waals surface area contributed by atoms with Crippen molar-refractivity contribution in [1.82, 2.24) is 0 Å². The summed E-state index contributed by atoms with van der Waals surface area (Å²) in [5, 5.41) is 0.882. The zero-order valence-corrected chi connectivity index (χ0v) is 17.0. The molecule has 1 aromatic heterocycles. The highest BCUT2D eigenvalue weighted by Crippen LogP contribution is 2.32. The Balaban J connectivity index is 1.74. The van der Waals surface area contributed by atoms with Gasteiger partial charge in [0, 0.05) is 17.5 Å². The van der Waals surface area contributed by atoms with Crippen LogP contribution in [-0.4, -0.2) is 14.2 Å². The highest BCUT2D eigenvalue weighted by molar-refractivity contribution is 5.81. The van der Waals surface area contributed by atoms with Crippen molar-refractivity contribution in [1.29, 1.82) is 0 Å². The molecule has 152 valence electrons. The fourth-order valence-corrected chi connectivity index (χ4v) is 3.40. The fraction of sp³-hybridized carbons (Fsp3) is 0.160. The van der Waals surface area contributed by atoms with Gasteiger partial charge in [0.1, 0.15) is 28.9 Å². The van der Waals surface area contributed by atoms with E-state index in [9.17, 15) is 4.79 Å². The monoisotopic (exact) mass is 402 g/mol. The van der Waals surface area contributed by atoms with Crippen LogP contribution in [0, 0.1) is 6.92 Å². The number of benzene rings is 3. The summed E-state index contributed by atoms with van der Waals surface area (Å²) in [7, 11) is 3.27. The summed E-state index contributed by atoms with van der Waals surface area (Å²) in [5.41, 5.74) is 2.92. The Morgan fingerprint density at radius 2 is 1.27 bits per heavy atom. The summed E-state index contributed by atoms with van der Waals surface area (Å²) in [5.74, 6) is 2.15. The lowest BCUT2D eigenvalue weighted by Gasteiger charge is -2.21. The number of methoxy groups -OCH3 is 2. The smallest absolute Gasteiger partial charge is 0.336 e. The molecule has 0 aliphatic heterocycles. The first-order valence-corrected chi connectivity index (χ1v) is 9.56. The molecule has 0 amide bonds. The predicted molar refractivity (Wildman–Crippen MR) is 116 cm³/mol. The highest BCUT2D eigenvalue weighted by Gasteiger charge is 2.17. The number of hydrogen-bond donors (Lipinski definition) is 0. The van der Waals surface area contributed by atoms with E-state index in [2.05, 4.69) is 0 Å². The van der Waals surface area contributed by atoms with E-state index in [0.717, 1.165) is 33.6 Å². The predicted octanol–water partition coefficient (Wildman–Crippen LogP) is 5.29. The van der Waals surface area contributed by atoms with E-state index in [1.165, 1.54) is 6.07 Å². The van der Waals surface area contributed by atoms with Gasteiger partial charge in [0.2, 0.25) is 0 Å². The topological polar surface area (TPSA) is 57.9 Å². The van der Waals surface area contributed by atoms with Crippen LogP contribution >= 0.6 is 0 Å². The Bertz CT molecular complexity index is 1160. The van der Waals surface area contributed by atoms with Crippen LogP contribution < -0.4 is 19.8 Å². The molecule has 0 fully saturated rings. The van der Waals surface area contributed by atoms with Gasteiger partial charge >= 0.3 is 5.63 Å². The Morgan fingerprint density at radius 3 is 1.80 bits per heavy atom. The maximum absolute atomic E-state index is 11.8. The van der Waals surface area contributed by atoms with E-state index in [1.54, 1.807) is 20.3 Å². The second-order valence-corrected chi connectivity index (χ2v) is 6.95. The lowest BCUT2D eigenvalue weighted by Crippen LogP contribution is -2.09. The molecule has 5 heteroatoms. The first kappa shape index (κ1) is 19.6. The first-order chi connectivity index (χ1) is 14.6. The van der Waals surface area contributed by atoms with Gasteiger partial charge in [-0.25, -0.2) is 4.79 Å². The van der Waals surface area contributed by atoms with Crippen LogP contribution in [0.5, 0.6) is 17.2 Å². The molecule has 0 spiro atoms. The number of ether oxygens (including phenoxy) is 3. The standard InChI is InChI=1S/C25H22O5/c1-16-14-24(26)30-23-15-21(12-13-22(16)23)29-25(17-4-8-19(27-2)9-5-17)18-6-10-20(28-3)11-7-18/h4-15,25H,1-3H3. The van der Waals surface area contributed by atoms with Crippen molar-refractivity contribution in [2.45, 2.75) is 13.0 Å². The van der Waals surface area contributed by atoms with Crippen LogP contribution in [0.1, 0.15) is 22.8 Å². The van der Waals surface area contributed by atoms with Crippen molar-refractivity contribution >= 4 is 11.0 Å². The van der Waals surface area contributed by atoms with Crippen LogP contribution in [-0.2, 0) is 0 Å². The molecule has 0 bridgehead atoms. The molecule has 0 aliphatic rings. The third kappa shape index (κ3) is 4.01. The van der Waals surface area contributed by atoms with E-state index in [0.29, 0.717) is 11.3 Å². The minimum absolute atomic E-state index is 0.365. The molecule has 0 radical (unpaired) electrons. The molecule has 0 saturated carbocycles. The maximum atomic E-state index is 11.8. The van der Waals surface area contributed by atoms with Crippen LogP contribution in [0.15, 0.2) is 82.0 Å². The number of hydrogen-bond acceptors (Lipinski definition) is 5. The summed E-state index contributed by atoms with van der Waals surface area (Å²) < 4.78 is 22.3. The zero-order valence-electron chi connectivity index (χ0n) is 17.0. The molecule has 0 atom stereocenters. The Morgan fingerprint density at radius 1 is 0.733 bits per heavy atom. The van der Waals surface area contributed by atoms with Gasteiger partial charge in [0.15, 0.2) is 0 Å². The molecular formula is C25H22O5. The van der Waals surface area contributed by atoms with Crippen molar-refractivity contribution in [2.75, 3.05) is 14.2 Å². The van der Waals surface area contributed by atoms with Crippen molar-refractivity contribution in [3.63, 3.8) is 0 Å². The quantitative estimate of drug-likeness (QED) is 0.410. The third-order valence-corrected chi connectivity index (χ3v) is 5.01. The SMILES string of the molecule is COc1ccc(C(Oc2ccc3c(C)cc(=O)oc3c2)c2ccc(OC)cc2)cc1. The Kier molecular flexibility index (Phi) is 5.44. The van der Waals surface area contributed by atoms with E-state index < -0.39 is 0 Å². The summed E-state index contributed by atoms with van der Waals surface area (Å²) in [6, 6.07) is 22.5. The summed E-state index contributed by atoms with van der Waals surface area (Å²) >= 11 is 0. The molecule has 5 nitrogen and oxygen atoms in total. The number of fused-ring (bicyclic) bond motifs is 1. The molecule has 1 heterocycles. The van der Waals surface area contributed by atoms with Gasteiger partial charge in [-0.1, -0.05) is 24.3 Å². The van der Waals surface area contributed by atoms with Crippen LogP contribution in [0.2, 0.25) is 0 Å². The number of aryl methyl sites for hydroxylation is 1. The molecule has 4 rings (SSSR count). The van der Waals surface area contributed by atoms with Crippen molar-refractivity contribution in [2.24, 2.45) is 0 Å². The summed E-state index contributed by atoms with van der Waals surface area (Å²) in [6.07, 6.45) is -0.365. The second kappa shape index (κ2) is 8.33. The largest absolute Gasteiger partial charge is 0.497 e. The van der Waals surface area contributed by atoms with Crippen molar-refractivity contribution in [3.05, 3.63) is 99.9 Å². The van der Waals surface area contributed by atoms with Gasteiger partial charge in [-0.15, -0.1) is 0 Å². The number of rotatable bonds is 6. The van der Waals surface area contributed by atoms with Crippen LogP contribution in [0.4, 0.5) is 0 Å². The lowest BCUT2D eigenvalue weighted by atomic mass is 10.0. The third-order valence-electron chi connectivity index (χ3n) is 5.01. The Hall–Kier alpha value is -3.73. The average molecular weight is 402 g/mol. The normalized spacial score (nSPS) is 10.9. The van der Waals surface area contributed by atoms with Gasteiger partial charge in [-0.3, -0.25) is 0 Å². The van der Waals surface area contributed by atoms with Crippen molar-refractivity contribution < 1.29 is 18.6 Å². The van der Waals surface area contributed by atoms with E-state index in [4.69, 9.17) is 18.6 Å². The first-order valence-electron chi connectivity index (χ1n) is 9.56. The minimum atomic E-state index is -0.376. The van der Waals surface area contributed by atoms with Crippen LogP contribution in [0.3, 0.4) is 0 Å². The van der Waals surface area contributed by atoms with Gasteiger partial charge in [0.05, 0.1) is 14.2 Å². The average Bonchev–Trinajstić information content (AvgIpc) is 2.77. The summed E-state index contributed by atoms with van der Waals surface area (Å²) in [6.45, 7) is 1.89. The fourth-order valence-electron chi connectivity index (χ4n) is 3.40. The molecule has 0 unspecified atom stereocenters. The van der Waals surface area contributed by atoms with Crippen molar-refractivity contribution in [3.8, 4) is 17.2 Å². The zero-order chi connectivity index (χ0) is 21.1. The lowest BCUT2D eigenvalue weighted by molar-refractivity contribution is 0.247. The van der Waals surface area contributed by atoms with Crippen LogP contribution in [0.25, 0.3) is 11.0 Å². The molecule has 0 saturated heterocycles. The molecular weight excluding hydrogens is 380 g/mol. The second-order valence-electron chi connectivity index (χ2n) is 6.95. The van der Waals surface area contributed by atoms with Gasteiger partial charge in [-0.05, 0) is 60.0 Å². The van der Waals surface area contributed by atoms with E-state index in [-0.39, 0.29) is 11.7 Å². The highest BCUT2D eigenvalue weighted by atomic mass is 16.5. The molecule has 0 N–H and O–H groups in total. The maximum Gasteiger partial charge on any atom is 0.336 e. The van der Waals surface area contributed by atoms with Gasteiger partial charge in [-0.2, -0.15) is 0 Å². The minimum Gasteiger partial charge on any atom is -0.497 e. The molecule has 0 aliphatic carbocycles. The molecule has 4 aromatic rings.